The fraction of sp³-hybridized carbons (Fsp3) is 0.556. The SMILES string of the molecule is CCOC(=O)c1csc(CSCC)n1. The van der Waals surface area contributed by atoms with Gasteiger partial charge in [0.25, 0.3) is 0 Å². The Kier molecular flexibility index (Phi) is 4.97. The van der Waals surface area contributed by atoms with Crippen molar-refractivity contribution in [3.05, 3.63) is 16.1 Å². The van der Waals surface area contributed by atoms with Crippen LogP contribution in [0.4, 0.5) is 0 Å². The molecule has 1 aromatic rings. The van der Waals surface area contributed by atoms with Crippen molar-refractivity contribution in [3.63, 3.8) is 0 Å². The molecule has 0 saturated heterocycles. The van der Waals surface area contributed by atoms with E-state index in [2.05, 4.69) is 11.9 Å². The van der Waals surface area contributed by atoms with Crippen LogP contribution in [0.3, 0.4) is 0 Å². The normalized spacial score (nSPS) is 10.1. The van der Waals surface area contributed by atoms with E-state index in [1.165, 1.54) is 11.3 Å². The third-order valence-electron chi connectivity index (χ3n) is 1.47. The molecule has 0 spiro atoms. The highest BCUT2D eigenvalue weighted by Crippen LogP contribution is 2.16. The Morgan fingerprint density at radius 1 is 1.64 bits per heavy atom. The summed E-state index contributed by atoms with van der Waals surface area (Å²) < 4.78 is 4.84. The minimum atomic E-state index is -0.323. The molecule has 0 radical (unpaired) electrons. The summed E-state index contributed by atoms with van der Waals surface area (Å²) in [5.41, 5.74) is 0.434. The van der Waals surface area contributed by atoms with Crippen molar-refractivity contribution in [2.75, 3.05) is 12.4 Å². The van der Waals surface area contributed by atoms with Gasteiger partial charge in [-0.15, -0.1) is 11.3 Å². The van der Waals surface area contributed by atoms with E-state index in [0.717, 1.165) is 16.5 Å². The summed E-state index contributed by atoms with van der Waals surface area (Å²) >= 11 is 3.31. The summed E-state index contributed by atoms with van der Waals surface area (Å²) in [6.45, 7) is 4.29. The molecular weight excluding hydrogens is 218 g/mol. The first-order valence-electron chi connectivity index (χ1n) is 4.47. The molecule has 1 heterocycles. The highest BCUT2D eigenvalue weighted by atomic mass is 32.2. The van der Waals surface area contributed by atoms with Crippen LogP contribution in [0.5, 0.6) is 0 Å². The van der Waals surface area contributed by atoms with Crippen LogP contribution in [-0.2, 0) is 10.5 Å². The number of hydrogen-bond acceptors (Lipinski definition) is 5. The lowest BCUT2D eigenvalue weighted by Crippen LogP contribution is -2.04. The molecule has 0 aliphatic rings. The molecule has 0 bridgehead atoms. The molecule has 3 nitrogen and oxygen atoms in total. The summed E-state index contributed by atoms with van der Waals surface area (Å²) in [7, 11) is 0. The van der Waals surface area contributed by atoms with Crippen molar-refractivity contribution >= 4 is 29.1 Å². The lowest BCUT2D eigenvalue weighted by molar-refractivity contribution is 0.0520. The number of rotatable bonds is 5. The van der Waals surface area contributed by atoms with Crippen LogP contribution < -0.4 is 0 Å². The zero-order chi connectivity index (χ0) is 10.4. The van der Waals surface area contributed by atoms with Crippen molar-refractivity contribution in [3.8, 4) is 0 Å². The van der Waals surface area contributed by atoms with E-state index in [1.54, 1.807) is 24.1 Å². The van der Waals surface area contributed by atoms with Crippen LogP contribution in [0.25, 0.3) is 0 Å². The average molecular weight is 231 g/mol. The molecule has 0 aromatic carbocycles. The maximum atomic E-state index is 11.2. The molecule has 0 saturated carbocycles. The van der Waals surface area contributed by atoms with Crippen molar-refractivity contribution in [1.29, 1.82) is 0 Å². The van der Waals surface area contributed by atoms with Gasteiger partial charge in [0.1, 0.15) is 5.01 Å². The van der Waals surface area contributed by atoms with Crippen LogP contribution in [0.15, 0.2) is 5.38 Å². The monoisotopic (exact) mass is 231 g/mol. The summed E-state index contributed by atoms with van der Waals surface area (Å²) in [6, 6.07) is 0. The van der Waals surface area contributed by atoms with Gasteiger partial charge < -0.3 is 4.74 Å². The van der Waals surface area contributed by atoms with Gasteiger partial charge in [0.05, 0.1) is 6.61 Å². The number of ether oxygens (including phenoxy) is 1. The molecule has 0 amide bonds. The molecule has 1 rings (SSSR count). The van der Waals surface area contributed by atoms with Crippen molar-refractivity contribution in [2.45, 2.75) is 19.6 Å². The van der Waals surface area contributed by atoms with E-state index in [0.29, 0.717) is 12.3 Å². The van der Waals surface area contributed by atoms with Crippen LogP contribution in [-0.4, -0.2) is 23.3 Å². The van der Waals surface area contributed by atoms with E-state index in [4.69, 9.17) is 4.74 Å². The molecule has 0 unspecified atom stereocenters. The van der Waals surface area contributed by atoms with Crippen LogP contribution >= 0.6 is 23.1 Å². The third kappa shape index (κ3) is 3.31. The van der Waals surface area contributed by atoms with Gasteiger partial charge in [0.2, 0.25) is 0 Å². The molecule has 5 heteroatoms. The minimum absolute atomic E-state index is 0.323. The fourth-order valence-corrected chi connectivity index (χ4v) is 2.38. The first-order valence-corrected chi connectivity index (χ1v) is 6.50. The zero-order valence-corrected chi connectivity index (χ0v) is 9.91. The Bertz CT molecular complexity index is 299. The Morgan fingerprint density at radius 3 is 3.07 bits per heavy atom. The molecule has 78 valence electrons. The number of esters is 1. The van der Waals surface area contributed by atoms with E-state index < -0.39 is 0 Å². The lowest BCUT2D eigenvalue weighted by Gasteiger charge is -1.96. The van der Waals surface area contributed by atoms with Crippen LogP contribution in [0.1, 0.15) is 29.3 Å². The predicted molar refractivity (Wildman–Crippen MR) is 59.9 cm³/mol. The number of hydrogen-bond donors (Lipinski definition) is 0. The Labute approximate surface area is 91.9 Å². The topological polar surface area (TPSA) is 39.2 Å². The largest absolute Gasteiger partial charge is 0.461 e. The van der Waals surface area contributed by atoms with Crippen molar-refractivity contribution in [2.24, 2.45) is 0 Å². The van der Waals surface area contributed by atoms with Gasteiger partial charge in [0, 0.05) is 11.1 Å². The van der Waals surface area contributed by atoms with E-state index >= 15 is 0 Å². The fourth-order valence-electron chi connectivity index (χ4n) is 0.865. The molecule has 1 aromatic heterocycles. The first-order chi connectivity index (χ1) is 6.77. The Hall–Kier alpha value is -0.550. The van der Waals surface area contributed by atoms with Gasteiger partial charge in [-0.3, -0.25) is 0 Å². The Morgan fingerprint density at radius 2 is 2.43 bits per heavy atom. The van der Waals surface area contributed by atoms with Gasteiger partial charge in [-0.2, -0.15) is 11.8 Å². The molecule has 14 heavy (non-hydrogen) atoms. The molecule has 0 N–H and O–H groups in total. The average Bonchev–Trinajstić information content (AvgIpc) is 2.63. The van der Waals surface area contributed by atoms with Crippen LogP contribution in [0, 0.1) is 0 Å². The molecule has 0 aliphatic heterocycles. The van der Waals surface area contributed by atoms with Gasteiger partial charge in [-0.25, -0.2) is 9.78 Å². The summed E-state index contributed by atoms with van der Waals surface area (Å²) in [5.74, 6) is 1.62. The molecule has 0 atom stereocenters. The second-order valence-electron chi connectivity index (χ2n) is 2.48. The zero-order valence-electron chi connectivity index (χ0n) is 8.28. The Balaban J connectivity index is 2.54. The third-order valence-corrected chi connectivity index (χ3v) is 3.38. The number of carbonyl (C=O) groups is 1. The van der Waals surface area contributed by atoms with Gasteiger partial charge in [-0.1, -0.05) is 6.92 Å². The lowest BCUT2D eigenvalue weighted by atomic mass is 10.5. The second kappa shape index (κ2) is 6.03. The highest BCUT2D eigenvalue weighted by molar-refractivity contribution is 7.98. The predicted octanol–water partition coefficient (Wildman–Crippen LogP) is 2.57. The maximum absolute atomic E-state index is 11.2. The van der Waals surface area contributed by atoms with E-state index in [-0.39, 0.29) is 5.97 Å². The number of thioether (sulfide) groups is 1. The molecular formula is C9H13NO2S2. The molecule has 0 fully saturated rings. The smallest absolute Gasteiger partial charge is 0.357 e. The summed E-state index contributed by atoms with van der Waals surface area (Å²) in [5, 5.41) is 2.74. The number of carbonyl (C=O) groups excluding carboxylic acids is 1. The molecule has 0 aliphatic carbocycles. The highest BCUT2D eigenvalue weighted by Gasteiger charge is 2.10. The first kappa shape index (κ1) is 11.5. The standard InChI is InChI=1S/C9H13NO2S2/c1-3-12-9(11)7-5-14-8(10-7)6-13-4-2/h5H,3-4,6H2,1-2H3. The minimum Gasteiger partial charge on any atom is -0.461 e. The van der Waals surface area contributed by atoms with Gasteiger partial charge >= 0.3 is 5.97 Å². The number of aromatic nitrogens is 1. The summed E-state index contributed by atoms with van der Waals surface area (Å²) in [6.07, 6.45) is 0. The van der Waals surface area contributed by atoms with Gasteiger partial charge in [-0.05, 0) is 12.7 Å². The van der Waals surface area contributed by atoms with Crippen molar-refractivity contribution < 1.29 is 9.53 Å². The quantitative estimate of drug-likeness (QED) is 0.730. The van der Waals surface area contributed by atoms with E-state index in [9.17, 15) is 4.79 Å². The van der Waals surface area contributed by atoms with Gasteiger partial charge in [0.15, 0.2) is 5.69 Å². The van der Waals surface area contributed by atoms with E-state index in [1.807, 2.05) is 0 Å². The van der Waals surface area contributed by atoms with Crippen LogP contribution in [0.2, 0.25) is 0 Å². The number of nitrogens with zero attached hydrogens (tertiary/aromatic N) is 1. The second-order valence-corrected chi connectivity index (χ2v) is 4.70. The maximum Gasteiger partial charge on any atom is 0.357 e. The number of thiazole rings is 1. The van der Waals surface area contributed by atoms with Crippen molar-refractivity contribution in [1.82, 2.24) is 4.98 Å². The summed E-state index contributed by atoms with van der Waals surface area (Å²) in [4.78, 5) is 15.4.